The van der Waals surface area contributed by atoms with Crippen molar-refractivity contribution in [2.75, 3.05) is 6.61 Å². The Morgan fingerprint density at radius 2 is 2.15 bits per heavy atom. The second-order valence-corrected chi connectivity index (χ2v) is 4.82. The summed E-state index contributed by atoms with van der Waals surface area (Å²) in [5.74, 6) is -6.24. The van der Waals surface area contributed by atoms with Crippen molar-refractivity contribution in [2.45, 2.75) is 18.9 Å². The van der Waals surface area contributed by atoms with E-state index in [1.54, 1.807) is 0 Å². The summed E-state index contributed by atoms with van der Waals surface area (Å²) in [4.78, 5) is 11.2. The summed E-state index contributed by atoms with van der Waals surface area (Å²) in [5, 5.41) is 9.86. The Morgan fingerprint density at radius 3 is 2.65 bits per heavy atom. The monoisotopic (exact) mass is 393 g/mol. The first-order valence-electron chi connectivity index (χ1n) is 5.20. The summed E-state index contributed by atoms with van der Waals surface area (Å²) in [6, 6.07) is 0.363. The van der Waals surface area contributed by atoms with Gasteiger partial charge in [-0.2, -0.15) is 8.78 Å². The van der Waals surface area contributed by atoms with E-state index in [4.69, 9.17) is 17.3 Å². The second kappa shape index (κ2) is 7.40. The number of carbonyl (C=O) groups excluding carboxylic acids is 1. The van der Waals surface area contributed by atoms with Crippen LogP contribution in [-0.2, 0) is 9.53 Å². The first-order chi connectivity index (χ1) is 8.73. The smallest absolute Gasteiger partial charge is 0.379 e. The normalized spacial score (nSPS) is 12.5. The summed E-state index contributed by atoms with van der Waals surface area (Å²) in [7, 11) is 0. The number of phenols is 1. The summed E-state index contributed by atoms with van der Waals surface area (Å²) in [6.07, 6.45) is 0. The maximum atomic E-state index is 13.7. The van der Waals surface area contributed by atoms with Gasteiger partial charge >= 0.3 is 11.9 Å². The van der Waals surface area contributed by atoms with Crippen molar-refractivity contribution in [1.82, 2.24) is 0 Å². The molecule has 4 nitrogen and oxygen atoms in total. The fourth-order valence-electron chi connectivity index (χ4n) is 1.36. The van der Waals surface area contributed by atoms with Gasteiger partial charge in [-0.3, -0.25) is 0 Å². The Labute approximate surface area is 133 Å². The number of aromatic hydroxyl groups is 1. The van der Waals surface area contributed by atoms with Gasteiger partial charge in [-0.05, 0) is 28.9 Å². The number of phenolic OH excluding ortho intramolecular Hbond substituents is 1. The molecule has 0 saturated carbocycles. The van der Waals surface area contributed by atoms with E-state index < -0.39 is 23.7 Å². The molecule has 114 valence electrons. The van der Waals surface area contributed by atoms with Crippen molar-refractivity contribution in [3.8, 4) is 5.75 Å². The van der Waals surface area contributed by atoms with Gasteiger partial charge in [0.05, 0.1) is 16.1 Å². The maximum absolute atomic E-state index is 13.7. The van der Waals surface area contributed by atoms with E-state index in [0.29, 0.717) is 0 Å². The van der Waals surface area contributed by atoms with E-state index in [9.17, 15) is 18.7 Å². The van der Waals surface area contributed by atoms with Crippen LogP contribution in [0.1, 0.15) is 18.5 Å². The number of nitrogens with two attached hydrogens (primary N) is 1. The molecule has 1 rings (SSSR count). The molecule has 0 radical (unpaired) electrons. The number of rotatable bonds is 4. The number of hydrogen-bond acceptors (Lipinski definition) is 4. The Bertz CT molecular complexity index is 503. The molecule has 0 aliphatic heterocycles. The molecule has 20 heavy (non-hydrogen) atoms. The standard InChI is InChI=1S/C11H11BrClF2NO3.ClH/c1-2-19-10(18)11(14,15)9(16)5-3-4-6(13)7(12)8(5)17;/h3-4,9,17H,2,16H2,1H3;1H/t9-;/m0./s1. The van der Waals surface area contributed by atoms with Crippen LogP contribution in [0.3, 0.4) is 0 Å². The van der Waals surface area contributed by atoms with E-state index in [1.807, 2.05) is 0 Å². The molecule has 0 saturated heterocycles. The molecule has 0 aliphatic carbocycles. The Morgan fingerprint density at radius 1 is 1.60 bits per heavy atom. The molecule has 1 atom stereocenters. The Balaban J connectivity index is 0.00000361. The highest BCUT2D eigenvalue weighted by Gasteiger charge is 2.48. The molecule has 0 unspecified atom stereocenters. The minimum Gasteiger partial charge on any atom is -0.506 e. The fraction of sp³-hybridized carbons (Fsp3) is 0.364. The fourth-order valence-corrected chi connectivity index (χ4v) is 1.87. The van der Waals surface area contributed by atoms with Gasteiger partial charge in [0.25, 0.3) is 0 Å². The zero-order chi connectivity index (χ0) is 14.8. The third kappa shape index (κ3) is 3.72. The molecular weight excluding hydrogens is 383 g/mol. The van der Waals surface area contributed by atoms with Gasteiger partial charge in [0.2, 0.25) is 0 Å². The van der Waals surface area contributed by atoms with E-state index in [2.05, 4.69) is 20.7 Å². The molecule has 1 aromatic carbocycles. The highest BCUT2D eigenvalue weighted by Crippen LogP contribution is 2.41. The topological polar surface area (TPSA) is 72.5 Å². The highest BCUT2D eigenvalue weighted by atomic mass is 79.9. The predicted molar refractivity (Wildman–Crippen MR) is 76.6 cm³/mol. The number of benzene rings is 1. The minimum atomic E-state index is -3.96. The van der Waals surface area contributed by atoms with Crippen LogP contribution < -0.4 is 5.73 Å². The van der Waals surface area contributed by atoms with Gasteiger partial charge in [0.15, 0.2) is 0 Å². The van der Waals surface area contributed by atoms with Crippen LogP contribution >= 0.6 is 39.9 Å². The van der Waals surface area contributed by atoms with Crippen LogP contribution in [0.25, 0.3) is 0 Å². The summed E-state index contributed by atoms with van der Waals surface area (Å²) < 4.78 is 31.8. The van der Waals surface area contributed by atoms with Crippen molar-refractivity contribution in [2.24, 2.45) is 5.73 Å². The van der Waals surface area contributed by atoms with E-state index in [0.717, 1.165) is 6.07 Å². The number of carbonyl (C=O) groups is 1. The number of esters is 1. The highest BCUT2D eigenvalue weighted by molar-refractivity contribution is 9.10. The number of ether oxygens (including phenoxy) is 1. The third-order valence-electron chi connectivity index (χ3n) is 2.37. The largest absolute Gasteiger partial charge is 0.506 e. The lowest BCUT2D eigenvalue weighted by Crippen LogP contribution is -2.41. The first kappa shape index (κ1) is 19.4. The Kier molecular flexibility index (Phi) is 7.17. The molecule has 0 spiro atoms. The lowest BCUT2D eigenvalue weighted by Gasteiger charge is -2.23. The van der Waals surface area contributed by atoms with E-state index in [1.165, 1.54) is 13.0 Å². The number of alkyl halides is 2. The quantitative estimate of drug-likeness (QED) is 0.767. The first-order valence-corrected chi connectivity index (χ1v) is 6.38. The van der Waals surface area contributed by atoms with Crippen LogP contribution in [0.5, 0.6) is 5.75 Å². The molecule has 0 bridgehead atoms. The SMILES string of the molecule is CCOC(=O)C(F)(F)[C@@H](N)c1ccc(Cl)c(Br)c1O.Cl. The third-order valence-corrected chi connectivity index (χ3v) is 3.72. The average molecular weight is 395 g/mol. The second-order valence-electron chi connectivity index (χ2n) is 3.62. The molecule has 9 heteroatoms. The summed E-state index contributed by atoms with van der Waals surface area (Å²) in [6.45, 7) is 1.20. The molecule has 3 N–H and O–H groups in total. The number of hydrogen-bond donors (Lipinski definition) is 2. The molecule has 0 amide bonds. The predicted octanol–water partition coefficient (Wildman–Crippen LogP) is 3.43. The Hall–Kier alpha value is -0.630. The average Bonchev–Trinajstić information content (AvgIpc) is 2.35. The van der Waals surface area contributed by atoms with Gasteiger partial charge in [-0.25, -0.2) is 4.79 Å². The van der Waals surface area contributed by atoms with Crippen molar-refractivity contribution in [3.05, 3.63) is 27.2 Å². The number of halogens is 5. The van der Waals surface area contributed by atoms with Crippen LogP contribution in [0.15, 0.2) is 16.6 Å². The maximum Gasteiger partial charge on any atom is 0.379 e. The van der Waals surface area contributed by atoms with Crippen LogP contribution in [0, 0.1) is 0 Å². The molecule has 0 aromatic heterocycles. The van der Waals surface area contributed by atoms with Crippen LogP contribution in [0.4, 0.5) is 8.78 Å². The van der Waals surface area contributed by atoms with Gasteiger partial charge in [0, 0.05) is 5.56 Å². The van der Waals surface area contributed by atoms with Gasteiger partial charge in [0.1, 0.15) is 11.8 Å². The van der Waals surface area contributed by atoms with Crippen molar-refractivity contribution >= 4 is 45.9 Å². The lowest BCUT2D eigenvalue weighted by atomic mass is 10.0. The van der Waals surface area contributed by atoms with Crippen molar-refractivity contribution < 1.29 is 23.4 Å². The zero-order valence-electron chi connectivity index (χ0n) is 10.2. The van der Waals surface area contributed by atoms with Crippen molar-refractivity contribution in [3.63, 3.8) is 0 Å². The van der Waals surface area contributed by atoms with Crippen molar-refractivity contribution in [1.29, 1.82) is 0 Å². The summed E-state index contributed by atoms with van der Waals surface area (Å²) in [5.41, 5.74) is 5.04. The van der Waals surface area contributed by atoms with Crippen LogP contribution in [-0.4, -0.2) is 23.6 Å². The van der Waals surface area contributed by atoms with E-state index in [-0.39, 0.29) is 34.1 Å². The molecule has 0 aliphatic rings. The van der Waals surface area contributed by atoms with Crippen LogP contribution in [0.2, 0.25) is 5.02 Å². The summed E-state index contributed by atoms with van der Waals surface area (Å²) >= 11 is 8.62. The van der Waals surface area contributed by atoms with Gasteiger partial charge < -0.3 is 15.6 Å². The molecule has 0 heterocycles. The van der Waals surface area contributed by atoms with E-state index >= 15 is 0 Å². The lowest BCUT2D eigenvalue weighted by molar-refractivity contribution is -0.174. The molecule has 0 fully saturated rings. The molecule has 1 aromatic rings. The zero-order valence-corrected chi connectivity index (χ0v) is 13.4. The van der Waals surface area contributed by atoms with Gasteiger partial charge in [-0.1, -0.05) is 17.7 Å². The molecular formula is C11H12BrCl2F2NO3. The van der Waals surface area contributed by atoms with Gasteiger partial charge in [-0.15, -0.1) is 12.4 Å². The minimum absolute atomic E-state index is 0.